The predicted molar refractivity (Wildman–Crippen MR) is 94.8 cm³/mol. The lowest BCUT2D eigenvalue weighted by molar-refractivity contribution is -0.133. The first kappa shape index (κ1) is 18.4. The maximum absolute atomic E-state index is 12.2. The standard InChI is InChI=1S/C18H18ClNO6/c19-6-5-16(21)25-12-4-3-11-8-14(18(23)26-15(11)9-12)17(22)20-10-13-2-1-7-24-13/h3-4,8-9,13H,1-2,5-7,10H2,(H,20,22). The Morgan fingerprint density at radius 1 is 1.31 bits per heavy atom. The second-order valence-electron chi connectivity index (χ2n) is 5.91. The monoisotopic (exact) mass is 379 g/mol. The van der Waals surface area contributed by atoms with Gasteiger partial charge in [0.15, 0.2) is 0 Å². The molecule has 2 aromatic rings. The smallest absolute Gasteiger partial charge is 0.349 e. The molecular weight excluding hydrogens is 362 g/mol. The molecule has 0 radical (unpaired) electrons. The summed E-state index contributed by atoms with van der Waals surface area (Å²) in [5.41, 5.74) is -0.615. The number of carbonyl (C=O) groups is 2. The highest BCUT2D eigenvalue weighted by Crippen LogP contribution is 2.21. The van der Waals surface area contributed by atoms with E-state index in [0.717, 1.165) is 12.8 Å². The second-order valence-corrected chi connectivity index (χ2v) is 6.28. The van der Waals surface area contributed by atoms with Crippen LogP contribution in [0, 0.1) is 0 Å². The Kier molecular flexibility index (Phi) is 5.90. The third-order valence-electron chi connectivity index (χ3n) is 4.00. The fraction of sp³-hybridized carbons (Fsp3) is 0.389. The number of halogens is 1. The minimum atomic E-state index is -0.758. The van der Waals surface area contributed by atoms with E-state index in [0.29, 0.717) is 18.5 Å². The van der Waals surface area contributed by atoms with E-state index in [4.69, 9.17) is 25.5 Å². The van der Waals surface area contributed by atoms with Gasteiger partial charge in [0, 0.05) is 30.5 Å². The summed E-state index contributed by atoms with van der Waals surface area (Å²) in [5.74, 6) is -0.585. The zero-order valence-corrected chi connectivity index (χ0v) is 14.7. The molecule has 1 aromatic heterocycles. The van der Waals surface area contributed by atoms with Crippen molar-refractivity contribution in [3.05, 3.63) is 40.2 Å². The first-order valence-electron chi connectivity index (χ1n) is 8.31. The minimum absolute atomic E-state index is 0.0170. The van der Waals surface area contributed by atoms with Crippen molar-refractivity contribution in [2.75, 3.05) is 19.0 Å². The van der Waals surface area contributed by atoms with Crippen molar-refractivity contribution in [1.29, 1.82) is 0 Å². The Labute approximate surface area is 154 Å². The Bertz CT molecular complexity index is 872. The number of hydrogen-bond donors (Lipinski definition) is 1. The summed E-state index contributed by atoms with van der Waals surface area (Å²) in [5, 5.41) is 3.24. The van der Waals surface area contributed by atoms with E-state index in [2.05, 4.69) is 5.32 Å². The Morgan fingerprint density at radius 2 is 2.15 bits per heavy atom. The number of esters is 1. The fourth-order valence-electron chi connectivity index (χ4n) is 2.68. The number of carbonyl (C=O) groups excluding carboxylic acids is 2. The minimum Gasteiger partial charge on any atom is -0.426 e. The van der Waals surface area contributed by atoms with Crippen molar-refractivity contribution in [2.24, 2.45) is 0 Å². The van der Waals surface area contributed by atoms with Crippen molar-refractivity contribution < 1.29 is 23.5 Å². The molecule has 26 heavy (non-hydrogen) atoms. The number of alkyl halides is 1. The summed E-state index contributed by atoms with van der Waals surface area (Å²) >= 11 is 5.49. The lowest BCUT2D eigenvalue weighted by atomic mass is 10.1. The molecule has 1 aromatic carbocycles. The van der Waals surface area contributed by atoms with E-state index in [1.54, 1.807) is 12.1 Å². The van der Waals surface area contributed by atoms with E-state index in [1.807, 2.05) is 0 Å². The molecule has 3 rings (SSSR count). The Hall–Kier alpha value is -2.38. The van der Waals surface area contributed by atoms with Gasteiger partial charge in [0.2, 0.25) is 0 Å². The topological polar surface area (TPSA) is 94.8 Å². The van der Waals surface area contributed by atoms with Crippen molar-refractivity contribution in [2.45, 2.75) is 25.4 Å². The van der Waals surface area contributed by atoms with E-state index in [9.17, 15) is 14.4 Å². The summed E-state index contributed by atoms with van der Waals surface area (Å²) in [4.78, 5) is 35.8. The number of fused-ring (bicyclic) bond motifs is 1. The SMILES string of the molecule is O=C(CCCl)Oc1ccc2cc(C(=O)NCC3CCCO3)c(=O)oc2c1. The molecule has 1 unspecified atom stereocenters. The van der Waals surface area contributed by atoms with Gasteiger partial charge in [0.05, 0.1) is 12.5 Å². The molecular formula is C18H18ClNO6. The third-order valence-corrected chi connectivity index (χ3v) is 4.19. The second kappa shape index (κ2) is 8.33. The number of benzene rings is 1. The molecule has 1 atom stereocenters. The maximum Gasteiger partial charge on any atom is 0.349 e. The van der Waals surface area contributed by atoms with Crippen molar-refractivity contribution in [3.8, 4) is 5.75 Å². The van der Waals surface area contributed by atoms with Crippen LogP contribution in [0.25, 0.3) is 11.0 Å². The predicted octanol–water partition coefficient (Wildman–Crippen LogP) is 2.24. The number of amides is 1. The van der Waals surface area contributed by atoms with Crippen LogP contribution in [0.2, 0.25) is 0 Å². The lowest BCUT2D eigenvalue weighted by Gasteiger charge is -2.10. The van der Waals surface area contributed by atoms with Crippen LogP contribution in [-0.2, 0) is 9.53 Å². The zero-order valence-electron chi connectivity index (χ0n) is 14.0. The van der Waals surface area contributed by atoms with Gasteiger partial charge in [-0.3, -0.25) is 9.59 Å². The molecule has 0 aliphatic carbocycles. The van der Waals surface area contributed by atoms with Crippen LogP contribution in [0.5, 0.6) is 5.75 Å². The molecule has 0 bridgehead atoms. The van der Waals surface area contributed by atoms with Gasteiger partial charge in [0.25, 0.3) is 5.91 Å². The number of hydrogen-bond acceptors (Lipinski definition) is 6. The normalized spacial score (nSPS) is 16.6. The van der Waals surface area contributed by atoms with Crippen molar-refractivity contribution >= 4 is 34.4 Å². The van der Waals surface area contributed by atoms with Crippen LogP contribution in [0.4, 0.5) is 0 Å². The average Bonchev–Trinajstić information content (AvgIpc) is 3.12. The molecule has 1 aliphatic rings. The average molecular weight is 380 g/mol. The summed E-state index contributed by atoms with van der Waals surface area (Å²) in [6, 6.07) is 6.05. The molecule has 2 heterocycles. The van der Waals surface area contributed by atoms with E-state index < -0.39 is 17.5 Å². The highest BCUT2D eigenvalue weighted by molar-refractivity contribution is 6.18. The summed E-state index contributed by atoms with van der Waals surface area (Å²) in [6.45, 7) is 1.04. The molecule has 138 valence electrons. The summed E-state index contributed by atoms with van der Waals surface area (Å²) in [6.07, 6.45) is 1.92. The summed E-state index contributed by atoms with van der Waals surface area (Å²) in [7, 11) is 0. The van der Waals surface area contributed by atoms with Crippen LogP contribution in [0.3, 0.4) is 0 Å². The van der Waals surface area contributed by atoms with Crippen LogP contribution in [-0.4, -0.2) is 37.0 Å². The molecule has 1 N–H and O–H groups in total. The van der Waals surface area contributed by atoms with Gasteiger partial charge in [-0.2, -0.15) is 0 Å². The molecule has 1 fully saturated rings. The van der Waals surface area contributed by atoms with Crippen LogP contribution < -0.4 is 15.7 Å². The fourth-order valence-corrected chi connectivity index (χ4v) is 2.83. The molecule has 8 heteroatoms. The molecule has 1 saturated heterocycles. The van der Waals surface area contributed by atoms with Gasteiger partial charge in [-0.15, -0.1) is 11.6 Å². The van der Waals surface area contributed by atoms with Crippen LogP contribution in [0.15, 0.2) is 33.5 Å². The number of ether oxygens (including phenoxy) is 2. The molecule has 7 nitrogen and oxygen atoms in total. The van der Waals surface area contributed by atoms with Crippen molar-refractivity contribution in [1.82, 2.24) is 5.32 Å². The first-order valence-corrected chi connectivity index (χ1v) is 8.84. The van der Waals surface area contributed by atoms with Gasteiger partial charge < -0.3 is 19.2 Å². The van der Waals surface area contributed by atoms with Gasteiger partial charge in [0.1, 0.15) is 16.9 Å². The largest absolute Gasteiger partial charge is 0.426 e. The summed E-state index contributed by atoms with van der Waals surface area (Å²) < 4.78 is 15.7. The maximum atomic E-state index is 12.2. The van der Waals surface area contributed by atoms with Crippen LogP contribution in [0.1, 0.15) is 29.6 Å². The molecule has 0 spiro atoms. The molecule has 1 amide bonds. The Morgan fingerprint density at radius 3 is 2.88 bits per heavy atom. The van der Waals surface area contributed by atoms with Gasteiger partial charge in [-0.25, -0.2) is 4.79 Å². The van der Waals surface area contributed by atoms with Crippen LogP contribution >= 0.6 is 11.6 Å². The van der Waals surface area contributed by atoms with Gasteiger partial charge in [-0.1, -0.05) is 0 Å². The van der Waals surface area contributed by atoms with E-state index >= 15 is 0 Å². The first-order chi connectivity index (χ1) is 12.6. The zero-order chi connectivity index (χ0) is 18.5. The number of rotatable bonds is 6. The Balaban J connectivity index is 1.75. The highest BCUT2D eigenvalue weighted by atomic mass is 35.5. The molecule has 1 aliphatic heterocycles. The molecule has 0 saturated carbocycles. The number of nitrogens with one attached hydrogen (secondary N) is 1. The lowest BCUT2D eigenvalue weighted by Crippen LogP contribution is -2.34. The van der Waals surface area contributed by atoms with Gasteiger partial charge >= 0.3 is 11.6 Å². The third kappa shape index (κ3) is 4.42. The van der Waals surface area contributed by atoms with E-state index in [-0.39, 0.29) is 35.3 Å². The van der Waals surface area contributed by atoms with E-state index in [1.165, 1.54) is 12.1 Å². The van der Waals surface area contributed by atoms with Crippen molar-refractivity contribution in [3.63, 3.8) is 0 Å². The highest BCUT2D eigenvalue weighted by Gasteiger charge is 2.19. The van der Waals surface area contributed by atoms with Gasteiger partial charge in [-0.05, 0) is 31.0 Å². The quantitative estimate of drug-likeness (QED) is 0.358.